The highest BCUT2D eigenvalue weighted by Crippen LogP contribution is 2.34. The molecule has 0 saturated carbocycles. The number of amides is 3. The predicted octanol–water partition coefficient (Wildman–Crippen LogP) is 4.93. The average Bonchev–Trinajstić information content (AvgIpc) is 3.53. The molecule has 298 valence electrons. The second kappa shape index (κ2) is 15.4. The number of carbonyl (C=O) groups is 2. The number of alkyl halides is 3. The quantitative estimate of drug-likeness (QED) is 0.207. The van der Waals surface area contributed by atoms with Crippen molar-refractivity contribution >= 4 is 44.6 Å². The first-order chi connectivity index (χ1) is 27.3. The summed E-state index contributed by atoms with van der Waals surface area (Å²) in [5.41, 5.74) is 2.74. The van der Waals surface area contributed by atoms with Crippen molar-refractivity contribution in [1.29, 1.82) is 0 Å². The molecule has 3 aromatic heterocycles. The predicted molar refractivity (Wildman–Crippen MR) is 203 cm³/mol. The lowest BCUT2D eigenvalue weighted by Crippen LogP contribution is -2.49. The monoisotopic (exact) mass is 803 g/mol. The van der Waals surface area contributed by atoms with Gasteiger partial charge in [0.15, 0.2) is 11.6 Å². The number of hydrogen-bond donors (Lipinski definition) is 2. The summed E-state index contributed by atoms with van der Waals surface area (Å²) >= 11 is 0. The normalized spacial score (nSPS) is 18.3. The third-order valence-corrected chi connectivity index (χ3v) is 12.7. The Hall–Kier alpha value is -5.53. The van der Waals surface area contributed by atoms with Gasteiger partial charge in [0.2, 0.25) is 21.9 Å². The van der Waals surface area contributed by atoms with Gasteiger partial charge in [-0.25, -0.2) is 33.1 Å². The Balaban J connectivity index is 0.843. The van der Waals surface area contributed by atoms with E-state index in [1.54, 1.807) is 41.3 Å². The van der Waals surface area contributed by atoms with Crippen molar-refractivity contribution in [2.24, 2.45) is 7.05 Å². The Bertz CT molecular complexity index is 2390. The second-order valence-corrected chi connectivity index (χ2v) is 16.5. The number of carbonyl (C=O) groups excluding carboxylic acids is 2. The van der Waals surface area contributed by atoms with Crippen molar-refractivity contribution in [1.82, 2.24) is 44.2 Å². The van der Waals surface area contributed by atoms with Gasteiger partial charge in [0.25, 0.3) is 0 Å². The van der Waals surface area contributed by atoms with E-state index in [0.717, 1.165) is 54.8 Å². The molecular weight excluding hydrogens is 764 g/mol. The number of fused-ring (bicyclic) bond motifs is 1. The van der Waals surface area contributed by atoms with Gasteiger partial charge < -0.3 is 5.32 Å². The van der Waals surface area contributed by atoms with Crippen LogP contribution in [0.2, 0.25) is 0 Å². The van der Waals surface area contributed by atoms with Gasteiger partial charge in [-0.05, 0) is 74.5 Å². The number of likely N-dealkylation sites (tertiary alicyclic amines) is 1. The van der Waals surface area contributed by atoms with Crippen molar-refractivity contribution in [3.8, 4) is 11.4 Å². The molecular formula is C38H40F3N11O4S. The van der Waals surface area contributed by atoms with E-state index in [1.807, 2.05) is 13.1 Å². The Labute approximate surface area is 326 Å². The number of rotatable bonds is 9. The molecule has 8 rings (SSSR count). The first-order valence-electron chi connectivity index (χ1n) is 18.7. The third kappa shape index (κ3) is 8.17. The van der Waals surface area contributed by atoms with Crippen LogP contribution in [0.25, 0.3) is 22.3 Å². The molecule has 0 radical (unpaired) electrons. The number of aromatic nitrogens is 6. The van der Waals surface area contributed by atoms with Crippen LogP contribution in [0.1, 0.15) is 54.7 Å². The number of imide groups is 1. The Kier molecular flexibility index (Phi) is 10.4. The summed E-state index contributed by atoms with van der Waals surface area (Å²) in [4.78, 5) is 44.8. The number of benzene rings is 2. The molecule has 0 atom stereocenters. The van der Waals surface area contributed by atoms with Crippen molar-refractivity contribution in [2.45, 2.75) is 61.7 Å². The van der Waals surface area contributed by atoms with E-state index >= 15 is 0 Å². The van der Waals surface area contributed by atoms with Gasteiger partial charge in [-0.3, -0.25) is 24.6 Å². The molecule has 5 aromatic rings. The number of piperidine rings is 2. The van der Waals surface area contributed by atoms with E-state index in [-0.39, 0.29) is 42.3 Å². The fourth-order valence-electron chi connectivity index (χ4n) is 7.66. The largest absolute Gasteiger partial charge is 0.419 e. The summed E-state index contributed by atoms with van der Waals surface area (Å²) in [6.45, 7) is 3.19. The van der Waals surface area contributed by atoms with Crippen molar-refractivity contribution in [2.75, 3.05) is 42.9 Å². The van der Waals surface area contributed by atoms with Crippen LogP contribution < -0.4 is 15.5 Å². The Morgan fingerprint density at radius 3 is 2.28 bits per heavy atom. The van der Waals surface area contributed by atoms with Crippen LogP contribution >= 0.6 is 0 Å². The van der Waals surface area contributed by atoms with Crippen molar-refractivity contribution in [3.05, 3.63) is 83.9 Å². The zero-order valence-electron chi connectivity index (χ0n) is 31.0. The zero-order valence-corrected chi connectivity index (χ0v) is 31.8. The third-order valence-electron chi connectivity index (χ3n) is 10.8. The number of nitrogens with zero attached hydrogens (tertiary/aromatic N) is 9. The van der Waals surface area contributed by atoms with E-state index in [9.17, 15) is 31.2 Å². The van der Waals surface area contributed by atoms with Gasteiger partial charge in [-0.1, -0.05) is 18.2 Å². The maximum Gasteiger partial charge on any atom is 0.419 e. The lowest BCUT2D eigenvalue weighted by molar-refractivity contribution is -0.138. The van der Waals surface area contributed by atoms with Crippen LogP contribution in [0.5, 0.6) is 0 Å². The molecule has 0 spiro atoms. The molecule has 2 N–H and O–H groups in total. The van der Waals surface area contributed by atoms with Gasteiger partial charge in [-0.2, -0.15) is 22.6 Å². The van der Waals surface area contributed by atoms with E-state index in [1.165, 1.54) is 14.8 Å². The molecule has 0 unspecified atom stereocenters. The maximum atomic E-state index is 13.6. The average molecular weight is 804 g/mol. The highest BCUT2D eigenvalue weighted by Gasteiger charge is 2.33. The standard InChI is InChI=1S/C38H40F3N11O4S/c1-49-32-18-26(5-6-31(32)35(48-49)52-16-11-33(53)47-37(52)54)25-7-12-50(13-8-25)23-24-19-42-34(43-20-24)27-3-2-4-30(17-27)57(55,56)51-14-9-29(10-15-51)46-36-44-21-28(22-45-36)38(39,40)41/h2-6,17-22,25,29H,7-16,23H2,1H3,(H,44,45,46)(H,47,53,54). The van der Waals surface area contributed by atoms with Gasteiger partial charge >= 0.3 is 12.2 Å². The molecule has 3 saturated heterocycles. The first-order valence-corrected chi connectivity index (χ1v) is 20.1. The topological polar surface area (TPSA) is 171 Å². The molecule has 6 heterocycles. The number of halogens is 3. The van der Waals surface area contributed by atoms with Gasteiger partial charge in [-0.15, -0.1) is 0 Å². The number of sulfonamides is 1. The molecule has 2 aromatic carbocycles. The highest BCUT2D eigenvalue weighted by atomic mass is 32.2. The van der Waals surface area contributed by atoms with Crippen LogP contribution in [0.3, 0.4) is 0 Å². The van der Waals surface area contributed by atoms with E-state index in [4.69, 9.17) is 0 Å². The number of nitrogens with one attached hydrogen (secondary N) is 2. The number of aryl methyl sites for hydroxylation is 1. The molecule has 3 amide bonds. The summed E-state index contributed by atoms with van der Waals surface area (Å²) in [5, 5.41) is 10.8. The lowest BCUT2D eigenvalue weighted by Gasteiger charge is -2.32. The second-order valence-electron chi connectivity index (χ2n) is 14.6. The molecule has 19 heteroatoms. The fourth-order valence-corrected chi connectivity index (χ4v) is 9.18. The van der Waals surface area contributed by atoms with Crippen molar-refractivity contribution in [3.63, 3.8) is 0 Å². The SMILES string of the molecule is Cn1nc(N2CCC(=O)NC2=O)c2ccc(C3CCN(Cc4cnc(-c5cccc(S(=O)(=O)N6CCC(Nc7ncc(C(F)(F)F)cn7)CC6)c5)nc4)CC3)cc21. The fraction of sp³-hybridized carbons (Fsp3) is 0.395. The van der Waals surface area contributed by atoms with E-state index < -0.39 is 27.8 Å². The highest BCUT2D eigenvalue weighted by molar-refractivity contribution is 7.89. The van der Waals surface area contributed by atoms with Crippen LogP contribution in [-0.4, -0.2) is 98.0 Å². The van der Waals surface area contributed by atoms with Crippen LogP contribution in [0.15, 0.2) is 72.1 Å². The first kappa shape index (κ1) is 38.3. The van der Waals surface area contributed by atoms with Crippen LogP contribution in [-0.2, 0) is 34.6 Å². The lowest BCUT2D eigenvalue weighted by atomic mass is 9.89. The zero-order chi connectivity index (χ0) is 39.9. The Morgan fingerprint density at radius 2 is 1.60 bits per heavy atom. The summed E-state index contributed by atoms with van der Waals surface area (Å²) in [6.07, 6.45) is 3.50. The molecule has 0 aliphatic carbocycles. The van der Waals surface area contributed by atoms with Crippen molar-refractivity contribution < 1.29 is 31.2 Å². The molecule has 57 heavy (non-hydrogen) atoms. The van der Waals surface area contributed by atoms with Crippen LogP contribution in [0.4, 0.5) is 29.7 Å². The van der Waals surface area contributed by atoms with Gasteiger partial charge in [0, 0.05) is 87.0 Å². The summed E-state index contributed by atoms with van der Waals surface area (Å²) in [7, 11) is -1.97. The summed E-state index contributed by atoms with van der Waals surface area (Å²) in [6, 6.07) is 12.2. The molecule has 15 nitrogen and oxygen atoms in total. The smallest absolute Gasteiger partial charge is 0.351 e. The Morgan fingerprint density at radius 1 is 0.877 bits per heavy atom. The van der Waals surface area contributed by atoms with Crippen LogP contribution in [0, 0.1) is 0 Å². The van der Waals surface area contributed by atoms with Gasteiger partial charge in [0.1, 0.15) is 0 Å². The minimum absolute atomic E-state index is 0.0622. The number of anilines is 2. The minimum Gasteiger partial charge on any atom is -0.351 e. The number of urea groups is 1. The molecule has 3 aliphatic rings. The van der Waals surface area contributed by atoms with E-state index in [0.29, 0.717) is 49.1 Å². The van der Waals surface area contributed by atoms with E-state index in [2.05, 4.69) is 52.7 Å². The molecule has 3 fully saturated rings. The summed E-state index contributed by atoms with van der Waals surface area (Å²) in [5.74, 6) is 1.11. The molecule has 0 bridgehead atoms. The minimum atomic E-state index is -4.53. The molecule has 3 aliphatic heterocycles. The van der Waals surface area contributed by atoms with Gasteiger partial charge in [0.05, 0.1) is 16.0 Å². The summed E-state index contributed by atoms with van der Waals surface area (Å²) < 4.78 is 68.9. The maximum absolute atomic E-state index is 13.6. The number of hydrogen-bond acceptors (Lipinski definition) is 11.